The molecule has 1 fully saturated rings. The molecule has 0 saturated carbocycles. The number of rotatable bonds is 1. The van der Waals surface area contributed by atoms with Gasteiger partial charge < -0.3 is 14.2 Å². The third-order valence-electron chi connectivity index (χ3n) is 4.81. The van der Waals surface area contributed by atoms with E-state index in [-0.39, 0.29) is 5.57 Å². The molecule has 2 aliphatic rings. The Bertz CT molecular complexity index is 716. The van der Waals surface area contributed by atoms with Crippen molar-refractivity contribution in [2.75, 3.05) is 11.9 Å². The van der Waals surface area contributed by atoms with Crippen LogP contribution in [0.1, 0.15) is 33.3 Å². The summed E-state index contributed by atoms with van der Waals surface area (Å²) in [5, 5.41) is 0.436. The first-order valence-corrected chi connectivity index (χ1v) is 7.76. The molecule has 0 atom stereocenters. The molecule has 7 heteroatoms. The Morgan fingerprint density at radius 2 is 1.78 bits per heavy atom. The van der Waals surface area contributed by atoms with Crippen LogP contribution in [0.15, 0.2) is 23.9 Å². The first-order chi connectivity index (χ1) is 10.5. The predicted molar refractivity (Wildman–Crippen MR) is 89.0 cm³/mol. The van der Waals surface area contributed by atoms with E-state index < -0.39 is 30.0 Å². The molecule has 0 aromatic heterocycles. The minimum absolute atomic E-state index is 0.0523. The van der Waals surface area contributed by atoms with Gasteiger partial charge in [0.2, 0.25) is 0 Å². The summed E-state index contributed by atoms with van der Waals surface area (Å²) in [6, 6.07) is 4.94. The van der Waals surface area contributed by atoms with Gasteiger partial charge in [0.05, 0.1) is 22.5 Å². The van der Waals surface area contributed by atoms with Gasteiger partial charge in [-0.3, -0.25) is 4.79 Å². The zero-order chi connectivity index (χ0) is 17.2. The largest absolute Gasteiger partial charge is 0.526 e. The maximum absolute atomic E-state index is 15.1. The van der Waals surface area contributed by atoms with Crippen molar-refractivity contribution in [3.8, 4) is 0 Å². The summed E-state index contributed by atoms with van der Waals surface area (Å²) >= 11 is 6.00. The fraction of sp³-hybridized carbons (Fsp3) is 0.438. The van der Waals surface area contributed by atoms with Crippen molar-refractivity contribution >= 4 is 35.9 Å². The van der Waals surface area contributed by atoms with E-state index in [2.05, 4.69) is 0 Å². The number of halogens is 2. The van der Waals surface area contributed by atoms with Crippen molar-refractivity contribution in [2.24, 2.45) is 0 Å². The van der Waals surface area contributed by atoms with Crippen molar-refractivity contribution in [2.45, 2.75) is 38.9 Å². The number of hydrogen-bond acceptors (Lipinski definition) is 3. The monoisotopic (exact) mass is 337 g/mol. The molecule has 1 amide bonds. The van der Waals surface area contributed by atoms with Gasteiger partial charge in [-0.2, -0.15) is 0 Å². The number of fused-ring (bicyclic) bond motifs is 1. The van der Waals surface area contributed by atoms with Crippen LogP contribution in [0.3, 0.4) is 0 Å². The Morgan fingerprint density at radius 3 is 2.35 bits per heavy atom. The SMILES string of the molecule is CN1C(=O)C(=C(F)B2OC(C)(C)C(C)(C)O2)c2cc(Cl)ccc21. The fourth-order valence-electron chi connectivity index (χ4n) is 2.69. The van der Waals surface area contributed by atoms with E-state index >= 15 is 4.39 Å². The number of benzene rings is 1. The van der Waals surface area contributed by atoms with Crippen molar-refractivity contribution in [1.29, 1.82) is 0 Å². The van der Waals surface area contributed by atoms with Crippen LogP contribution in [0.4, 0.5) is 10.1 Å². The van der Waals surface area contributed by atoms with E-state index in [0.717, 1.165) is 0 Å². The highest BCUT2D eigenvalue weighted by Gasteiger charge is 2.54. The highest BCUT2D eigenvalue weighted by Crippen LogP contribution is 2.44. The van der Waals surface area contributed by atoms with Gasteiger partial charge in [-0.1, -0.05) is 11.6 Å². The highest BCUT2D eigenvalue weighted by molar-refractivity contribution is 6.58. The van der Waals surface area contributed by atoms with E-state index in [1.165, 1.54) is 4.90 Å². The predicted octanol–water partition coefficient (Wildman–Crippen LogP) is 3.63. The van der Waals surface area contributed by atoms with Crippen LogP contribution in [-0.4, -0.2) is 31.3 Å². The Labute approximate surface area is 140 Å². The molecule has 0 N–H and O–H groups in total. The molecule has 0 unspecified atom stereocenters. The Balaban J connectivity index is 2.09. The van der Waals surface area contributed by atoms with E-state index in [1.54, 1.807) is 25.2 Å². The van der Waals surface area contributed by atoms with Crippen LogP contribution in [-0.2, 0) is 14.1 Å². The average Bonchev–Trinajstić information content (AvgIpc) is 2.81. The van der Waals surface area contributed by atoms with E-state index in [4.69, 9.17) is 20.9 Å². The number of carbonyl (C=O) groups excluding carboxylic acids is 1. The summed E-state index contributed by atoms with van der Waals surface area (Å²) in [5.41, 5.74) is -1.07. The third-order valence-corrected chi connectivity index (χ3v) is 5.04. The number of likely N-dealkylation sites (N-methyl/N-ethyl adjacent to an activating group) is 1. The highest BCUT2D eigenvalue weighted by atomic mass is 35.5. The van der Waals surface area contributed by atoms with Gasteiger partial charge in [0.1, 0.15) is 5.73 Å². The maximum Gasteiger partial charge on any atom is 0.526 e. The molecule has 23 heavy (non-hydrogen) atoms. The molecule has 0 aliphatic carbocycles. The van der Waals surface area contributed by atoms with Gasteiger partial charge in [0.25, 0.3) is 5.91 Å². The van der Waals surface area contributed by atoms with Crippen LogP contribution in [0.25, 0.3) is 5.57 Å². The number of hydrogen-bond donors (Lipinski definition) is 0. The second-order valence-electron chi connectivity index (χ2n) is 6.84. The molecule has 2 heterocycles. The van der Waals surface area contributed by atoms with E-state index in [0.29, 0.717) is 16.3 Å². The molecule has 0 radical (unpaired) electrons. The summed E-state index contributed by atoms with van der Waals surface area (Å²) in [6.45, 7) is 7.33. The third kappa shape index (κ3) is 2.40. The summed E-state index contributed by atoms with van der Waals surface area (Å²) in [7, 11) is 0.386. The van der Waals surface area contributed by atoms with Gasteiger partial charge in [-0.15, -0.1) is 0 Å². The lowest BCUT2D eigenvalue weighted by atomic mass is 9.83. The second-order valence-corrected chi connectivity index (χ2v) is 7.27. The van der Waals surface area contributed by atoms with Crippen molar-refractivity contribution in [1.82, 2.24) is 0 Å². The summed E-state index contributed by atoms with van der Waals surface area (Å²) in [6.07, 6.45) is 0. The molecule has 1 saturated heterocycles. The lowest BCUT2D eigenvalue weighted by Gasteiger charge is -2.32. The van der Waals surface area contributed by atoms with Crippen molar-refractivity contribution < 1.29 is 18.5 Å². The summed E-state index contributed by atoms with van der Waals surface area (Å²) in [4.78, 5) is 13.9. The molecular formula is C16H18BClFNO3. The van der Waals surface area contributed by atoms with Gasteiger partial charge in [0, 0.05) is 17.6 Å². The van der Waals surface area contributed by atoms with Crippen LogP contribution >= 0.6 is 11.6 Å². The Morgan fingerprint density at radius 1 is 1.22 bits per heavy atom. The molecule has 1 aromatic carbocycles. The molecule has 0 bridgehead atoms. The molecular weight excluding hydrogens is 319 g/mol. The second kappa shape index (κ2) is 5.06. The maximum atomic E-state index is 15.1. The average molecular weight is 338 g/mol. The first kappa shape index (κ1) is 16.5. The minimum atomic E-state index is -1.21. The summed E-state index contributed by atoms with van der Waals surface area (Å²) in [5.74, 6) is -0.436. The zero-order valence-electron chi connectivity index (χ0n) is 13.7. The number of nitrogens with zero attached hydrogens (tertiary/aromatic N) is 1. The van der Waals surface area contributed by atoms with E-state index in [1.807, 2.05) is 27.7 Å². The molecule has 3 rings (SSSR count). The van der Waals surface area contributed by atoms with Crippen LogP contribution in [0, 0.1) is 0 Å². The molecule has 4 nitrogen and oxygen atoms in total. The lowest BCUT2D eigenvalue weighted by molar-refractivity contribution is -0.112. The molecule has 2 aliphatic heterocycles. The van der Waals surface area contributed by atoms with Crippen LogP contribution < -0.4 is 4.90 Å². The minimum Gasteiger partial charge on any atom is -0.398 e. The quantitative estimate of drug-likeness (QED) is 0.580. The standard InChI is InChI=1S/C16H18BClFNO3/c1-15(2)16(3,4)23-17(22-15)13(19)12-10-8-9(18)6-7-11(10)20(5)14(12)21/h6-8H,1-5H3. The lowest BCUT2D eigenvalue weighted by Crippen LogP contribution is -2.41. The smallest absolute Gasteiger partial charge is 0.398 e. The number of anilines is 1. The zero-order valence-corrected chi connectivity index (χ0v) is 14.5. The molecule has 0 spiro atoms. The van der Waals surface area contributed by atoms with Gasteiger partial charge >= 0.3 is 7.12 Å². The van der Waals surface area contributed by atoms with Gasteiger partial charge in [-0.05, 0) is 45.9 Å². The van der Waals surface area contributed by atoms with Gasteiger partial charge in [0.15, 0.2) is 0 Å². The topological polar surface area (TPSA) is 38.8 Å². The van der Waals surface area contributed by atoms with Crippen molar-refractivity contribution in [3.63, 3.8) is 0 Å². The van der Waals surface area contributed by atoms with Crippen LogP contribution in [0.5, 0.6) is 0 Å². The van der Waals surface area contributed by atoms with E-state index in [9.17, 15) is 4.79 Å². The van der Waals surface area contributed by atoms with Crippen molar-refractivity contribution in [3.05, 3.63) is 34.5 Å². The van der Waals surface area contributed by atoms with Crippen LogP contribution in [0.2, 0.25) is 5.02 Å². The molecule has 122 valence electrons. The Hall–Kier alpha value is -1.37. The molecule has 1 aromatic rings. The Kier molecular flexibility index (Phi) is 3.63. The summed E-state index contributed by atoms with van der Waals surface area (Å²) < 4.78 is 26.5. The normalized spacial score (nSPS) is 24.2. The number of amides is 1. The number of carbonyl (C=O) groups is 1. The fourth-order valence-corrected chi connectivity index (χ4v) is 2.86. The van der Waals surface area contributed by atoms with Gasteiger partial charge in [-0.25, -0.2) is 4.39 Å². The first-order valence-electron chi connectivity index (χ1n) is 7.38.